The lowest BCUT2D eigenvalue weighted by Crippen LogP contribution is -2.44. The molecule has 0 amide bonds. The Balaban J connectivity index is 1.38. The van der Waals surface area contributed by atoms with E-state index in [4.69, 9.17) is 9.73 Å². The fraction of sp³-hybridized carbons (Fsp3) is 0.577. The van der Waals surface area contributed by atoms with Gasteiger partial charge in [0.05, 0.1) is 30.1 Å². The summed E-state index contributed by atoms with van der Waals surface area (Å²) in [7, 11) is 2.14. The van der Waals surface area contributed by atoms with Crippen LogP contribution in [0, 0.1) is 5.92 Å². The molecule has 0 bridgehead atoms. The monoisotopic (exact) mass is 517 g/mol. The van der Waals surface area contributed by atoms with Gasteiger partial charge in [0.15, 0.2) is 0 Å². The highest BCUT2D eigenvalue weighted by atomic mass is 19.4. The predicted molar refractivity (Wildman–Crippen MR) is 136 cm³/mol. The zero-order valence-electron chi connectivity index (χ0n) is 21.1. The summed E-state index contributed by atoms with van der Waals surface area (Å²) in [5.41, 5.74) is 3.80. The van der Waals surface area contributed by atoms with Gasteiger partial charge in [0.1, 0.15) is 17.2 Å². The second kappa shape index (κ2) is 11.2. The lowest BCUT2D eigenvalue weighted by molar-refractivity contribution is -0.141. The molecule has 2 unspecified atom stereocenters. The van der Waals surface area contributed by atoms with E-state index in [2.05, 4.69) is 37.6 Å². The van der Waals surface area contributed by atoms with Crippen molar-refractivity contribution in [2.45, 2.75) is 44.3 Å². The Kier molecular flexibility index (Phi) is 7.80. The van der Waals surface area contributed by atoms with Gasteiger partial charge in [-0.1, -0.05) is 6.08 Å². The minimum atomic E-state index is -4.56. The average molecular weight is 518 g/mol. The van der Waals surface area contributed by atoms with Gasteiger partial charge in [-0.2, -0.15) is 23.4 Å². The summed E-state index contributed by atoms with van der Waals surface area (Å²) >= 11 is 0. The number of rotatable bonds is 8. The molecule has 8 nitrogen and oxygen atoms in total. The van der Waals surface area contributed by atoms with Crippen molar-refractivity contribution in [3.05, 3.63) is 52.7 Å². The van der Waals surface area contributed by atoms with E-state index in [-0.39, 0.29) is 17.5 Å². The molecule has 1 aromatic heterocycles. The van der Waals surface area contributed by atoms with Crippen molar-refractivity contribution >= 4 is 11.9 Å². The molecule has 200 valence electrons. The fourth-order valence-electron chi connectivity index (χ4n) is 5.12. The predicted octanol–water partition coefficient (Wildman–Crippen LogP) is 3.73. The summed E-state index contributed by atoms with van der Waals surface area (Å²) in [5.74, 6) is 0.535. The van der Waals surface area contributed by atoms with Gasteiger partial charge in [-0.05, 0) is 56.9 Å². The summed E-state index contributed by atoms with van der Waals surface area (Å²) < 4.78 is 47.6. The maximum atomic E-state index is 13.8. The number of aliphatic imine (C=N–C) groups is 1. The van der Waals surface area contributed by atoms with E-state index in [9.17, 15) is 13.2 Å². The Morgan fingerprint density at radius 3 is 2.78 bits per heavy atom. The largest absolute Gasteiger partial charge is 0.492 e. The number of likely N-dealkylation sites (N-methyl/N-ethyl adjacent to an activating group) is 1. The van der Waals surface area contributed by atoms with Crippen molar-refractivity contribution in [3.63, 3.8) is 0 Å². The Hall–Kier alpha value is -2.92. The van der Waals surface area contributed by atoms with Crippen LogP contribution < -0.4 is 5.43 Å². The quantitative estimate of drug-likeness (QED) is 0.406. The second-order valence-electron chi connectivity index (χ2n) is 10.0. The third-order valence-electron chi connectivity index (χ3n) is 7.30. The molecule has 2 atom stereocenters. The maximum absolute atomic E-state index is 13.8. The Bertz CT molecular complexity index is 1110. The van der Waals surface area contributed by atoms with E-state index in [0.717, 1.165) is 64.0 Å². The number of hydrazone groups is 1. The summed E-state index contributed by atoms with van der Waals surface area (Å²) in [4.78, 5) is 9.60. The highest BCUT2D eigenvalue weighted by molar-refractivity contribution is 6.14. The Morgan fingerprint density at radius 2 is 2.03 bits per heavy atom. The third-order valence-corrected chi connectivity index (χ3v) is 7.30. The van der Waals surface area contributed by atoms with E-state index in [0.29, 0.717) is 30.2 Å². The minimum absolute atomic E-state index is 0.0312. The molecule has 2 N–H and O–H groups in total. The number of halogens is 3. The molecule has 1 aromatic rings. The Morgan fingerprint density at radius 1 is 1.19 bits per heavy atom. The van der Waals surface area contributed by atoms with Gasteiger partial charge in [0.2, 0.25) is 0 Å². The van der Waals surface area contributed by atoms with Crippen LogP contribution in [0.3, 0.4) is 0 Å². The smallest absolute Gasteiger partial charge is 0.433 e. The average Bonchev–Trinajstić information content (AvgIpc) is 3.56. The van der Waals surface area contributed by atoms with Gasteiger partial charge in [0.25, 0.3) is 0 Å². The molecule has 1 saturated heterocycles. The number of aromatic amines is 1. The van der Waals surface area contributed by atoms with Crippen molar-refractivity contribution in [2.24, 2.45) is 16.0 Å². The molecule has 2 aliphatic heterocycles. The molecule has 0 radical (unpaired) electrons. The van der Waals surface area contributed by atoms with Gasteiger partial charge in [-0.3, -0.25) is 5.10 Å². The van der Waals surface area contributed by atoms with Crippen LogP contribution in [0.5, 0.6) is 0 Å². The second-order valence-corrected chi connectivity index (χ2v) is 10.0. The lowest BCUT2D eigenvalue weighted by Gasteiger charge is -2.32. The fourth-order valence-corrected chi connectivity index (χ4v) is 5.12. The third kappa shape index (κ3) is 6.15. The normalized spacial score (nSPS) is 25.3. The van der Waals surface area contributed by atoms with Gasteiger partial charge in [-0.15, -0.1) is 0 Å². The highest BCUT2D eigenvalue weighted by Crippen LogP contribution is 2.35. The summed E-state index contributed by atoms with van der Waals surface area (Å²) in [6.45, 7) is 5.66. The first-order valence-corrected chi connectivity index (χ1v) is 13.0. The van der Waals surface area contributed by atoms with Crippen molar-refractivity contribution in [1.29, 1.82) is 0 Å². The first-order chi connectivity index (χ1) is 17.9. The maximum Gasteiger partial charge on any atom is 0.433 e. The number of H-pyrrole nitrogens is 1. The molecule has 4 aliphatic rings. The molecular weight excluding hydrogens is 483 g/mol. The zero-order chi connectivity index (χ0) is 25.8. The van der Waals surface area contributed by atoms with Crippen molar-refractivity contribution in [3.8, 4) is 0 Å². The molecule has 5 rings (SSSR count). The van der Waals surface area contributed by atoms with Gasteiger partial charge in [-0.25, -0.2) is 4.99 Å². The molecule has 2 aliphatic carbocycles. The van der Waals surface area contributed by atoms with E-state index in [1.165, 1.54) is 6.20 Å². The van der Waals surface area contributed by atoms with E-state index in [1.807, 2.05) is 18.2 Å². The lowest BCUT2D eigenvalue weighted by atomic mass is 9.91. The minimum Gasteiger partial charge on any atom is -0.492 e. The number of nitrogens with one attached hydrogen (secondary N) is 2. The van der Waals surface area contributed by atoms with Gasteiger partial charge >= 0.3 is 6.18 Å². The van der Waals surface area contributed by atoms with Crippen molar-refractivity contribution in [2.75, 3.05) is 46.4 Å². The molecular formula is C26H34F3N7O. The van der Waals surface area contributed by atoms with Crippen LogP contribution in [-0.2, 0) is 10.9 Å². The van der Waals surface area contributed by atoms with Crippen LogP contribution in [0.25, 0.3) is 0 Å². The van der Waals surface area contributed by atoms with E-state index in [1.54, 1.807) is 6.21 Å². The molecule has 0 aromatic carbocycles. The number of aromatic nitrogens is 2. The number of nitrogens with zero attached hydrogens (tertiary/aromatic N) is 5. The number of alkyl halides is 3. The highest BCUT2D eigenvalue weighted by Gasteiger charge is 2.38. The SMILES string of the molecule is CN1CCN(CCCOC2=CC3NN=CC3C=C2N=C(C2=CCCCC2)c2cn[nH]c2C(F)(F)F)CC1. The van der Waals surface area contributed by atoms with Crippen LogP contribution in [0.15, 0.2) is 51.5 Å². The summed E-state index contributed by atoms with van der Waals surface area (Å²) in [6, 6.07) is -0.0522. The molecule has 3 heterocycles. The standard InChI is InChI=1S/C26H34F3N7O/c1-35-9-11-36(12-10-35)8-5-13-37-23-15-21-19(16-30-33-21)14-22(23)32-24(18-6-3-2-4-7-18)20-17-31-34-25(20)26(27,28)29/h6,14-17,19,21,33H,2-5,7-13H2,1H3,(H,31,34). The molecule has 11 heteroatoms. The first-order valence-electron chi connectivity index (χ1n) is 13.0. The first kappa shape index (κ1) is 25.7. The van der Waals surface area contributed by atoms with Crippen molar-refractivity contribution < 1.29 is 17.9 Å². The number of hydrogen-bond donors (Lipinski definition) is 2. The van der Waals surface area contributed by atoms with Crippen LogP contribution in [0.4, 0.5) is 13.2 Å². The van der Waals surface area contributed by atoms with Gasteiger partial charge in [0, 0.05) is 44.9 Å². The number of piperazine rings is 1. The number of ether oxygens (including phenoxy) is 1. The number of hydrogen-bond acceptors (Lipinski definition) is 7. The van der Waals surface area contributed by atoms with Crippen LogP contribution in [-0.4, -0.2) is 84.3 Å². The Labute approximate surface area is 215 Å². The van der Waals surface area contributed by atoms with Crippen molar-refractivity contribution in [1.82, 2.24) is 25.4 Å². The molecule has 0 saturated carbocycles. The van der Waals surface area contributed by atoms with Crippen LogP contribution >= 0.6 is 0 Å². The summed E-state index contributed by atoms with van der Waals surface area (Å²) in [5, 5.41) is 10.0. The molecule has 0 spiro atoms. The van der Waals surface area contributed by atoms with Crippen LogP contribution in [0.1, 0.15) is 43.4 Å². The van der Waals surface area contributed by atoms with Gasteiger partial charge < -0.3 is 20.0 Å². The molecule has 1 fully saturated rings. The van der Waals surface area contributed by atoms with E-state index >= 15 is 0 Å². The summed E-state index contributed by atoms with van der Waals surface area (Å²) in [6.07, 6.45) is 8.61. The van der Waals surface area contributed by atoms with E-state index < -0.39 is 11.9 Å². The zero-order valence-corrected chi connectivity index (χ0v) is 21.1. The number of allylic oxidation sites excluding steroid dienone is 2. The number of fused-ring (bicyclic) bond motifs is 1. The molecule has 37 heavy (non-hydrogen) atoms. The van der Waals surface area contributed by atoms with Crippen LogP contribution in [0.2, 0.25) is 0 Å². The topological polar surface area (TPSA) is 81.1 Å².